The minimum absolute atomic E-state index is 0.0104. The van der Waals surface area contributed by atoms with Crippen molar-refractivity contribution in [3.8, 4) is 0 Å². The number of hydrogen-bond acceptors (Lipinski definition) is 3. The average Bonchev–Trinajstić information content (AvgIpc) is 2.45. The Kier molecular flexibility index (Phi) is 1.99. The lowest BCUT2D eigenvalue weighted by molar-refractivity contribution is -0.155. The van der Waals surface area contributed by atoms with Gasteiger partial charge in [-0.3, -0.25) is 14.9 Å². The predicted octanol–water partition coefficient (Wildman–Crippen LogP) is 0.0854. The number of carbonyl (C=O) groups excluding carboxylic acids is 2. The Balaban J connectivity index is 1.89. The summed E-state index contributed by atoms with van der Waals surface area (Å²) in [5.74, 6) is -1.39. The van der Waals surface area contributed by atoms with Crippen LogP contribution in [0.1, 0.15) is 25.7 Å². The van der Waals surface area contributed by atoms with Gasteiger partial charge in [-0.05, 0) is 37.5 Å². The van der Waals surface area contributed by atoms with Crippen LogP contribution in [0, 0.1) is 17.8 Å². The molecule has 92 valence electrons. The highest BCUT2D eigenvalue weighted by molar-refractivity contribution is 6.07. The van der Waals surface area contributed by atoms with Gasteiger partial charge in [0.05, 0.1) is 5.92 Å². The highest BCUT2D eigenvalue weighted by Crippen LogP contribution is 2.53. The maximum absolute atomic E-state index is 11.9. The summed E-state index contributed by atoms with van der Waals surface area (Å²) in [6.45, 7) is 0. The molecule has 3 fully saturated rings. The van der Waals surface area contributed by atoms with Crippen LogP contribution in [0.3, 0.4) is 0 Å². The van der Waals surface area contributed by atoms with Crippen LogP contribution in [0.4, 0.5) is 4.79 Å². The number of fused-ring (bicyclic) bond motifs is 2. The fraction of sp³-hybridized carbons (Fsp3) is 0.727. The minimum Gasteiger partial charge on any atom is -0.481 e. The van der Waals surface area contributed by atoms with E-state index in [1.54, 1.807) is 0 Å². The van der Waals surface area contributed by atoms with E-state index in [4.69, 9.17) is 5.11 Å². The van der Waals surface area contributed by atoms with E-state index in [0.717, 1.165) is 12.8 Å². The first-order valence-electron chi connectivity index (χ1n) is 5.91. The Morgan fingerprint density at radius 1 is 1.29 bits per heavy atom. The number of amides is 3. The molecule has 2 saturated carbocycles. The summed E-state index contributed by atoms with van der Waals surface area (Å²) in [5, 5.41) is 14.1. The summed E-state index contributed by atoms with van der Waals surface area (Å²) < 4.78 is 0. The van der Waals surface area contributed by atoms with Crippen molar-refractivity contribution in [1.82, 2.24) is 10.6 Å². The van der Waals surface area contributed by atoms with Gasteiger partial charge in [-0.1, -0.05) is 0 Å². The van der Waals surface area contributed by atoms with Crippen LogP contribution >= 0.6 is 0 Å². The smallest absolute Gasteiger partial charge is 0.322 e. The van der Waals surface area contributed by atoms with Crippen LogP contribution in [0.15, 0.2) is 0 Å². The molecule has 17 heavy (non-hydrogen) atoms. The van der Waals surface area contributed by atoms with Crippen molar-refractivity contribution in [3.05, 3.63) is 0 Å². The molecule has 2 aliphatic carbocycles. The Bertz CT molecular complexity index is 422. The lowest BCUT2D eigenvalue weighted by Crippen LogP contribution is -2.63. The van der Waals surface area contributed by atoms with Gasteiger partial charge in [-0.25, -0.2) is 4.79 Å². The molecular formula is C11H14N2O4. The minimum atomic E-state index is -0.827. The van der Waals surface area contributed by atoms with Crippen molar-refractivity contribution in [2.45, 2.75) is 31.2 Å². The van der Waals surface area contributed by atoms with E-state index in [-0.39, 0.29) is 23.7 Å². The van der Waals surface area contributed by atoms with Gasteiger partial charge >= 0.3 is 12.0 Å². The second-order valence-corrected chi connectivity index (χ2v) is 5.21. The van der Waals surface area contributed by atoms with Crippen LogP contribution in [0.2, 0.25) is 0 Å². The normalized spacial score (nSPS) is 43.6. The SMILES string of the molecule is O=C1NC(=O)C2(CCC(C(=O)O)C3CCC32)N1. The third kappa shape index (κ3) is 1.23. The third-order valence-electron chi connectivity index (χ3n) is 4.61. The predicted molar refractivity (Wildman–Crippen MR) is 56.0 cm³/mol. The average molecular weight is 238 g/mol. The third-order valence-corrected chi connectivity index (χ3v) is 4.61. The highest BCUT2D eigenvalue weighted by Gasteiger charge is 2.61. The van der Waals surface area contributed by atoms with E-state index >= 15 is 0 Å². The number of nitrogens with one attached hydrogen (secondary N) is 2. The van der Waals surface area contributed by atoms with Crippen LogP contribution in [-0.2, 0) is 9.59 Å². The molecule has 0 aromatic carbocycles. The summed E-state index contributed by atoms with van der Waals surface area (Å²) in [7, 11) is 0. The zero-order valence-corrected chi connectivity index (χ0v) is 9.23. The Morgan fingerprint density at radius 2 is 2.06 bits per heavy atom. The molecule has 1 saturated heterocycles. The van der Waals surface area contributed by atoms with Crippen molar-refractivity contribution in [3.63, 3.8) is 0 Å². The van der Waals surface area contributed by atoms with Crippen molar-refractivity contribution in [1.29, 1.82) is 0 Å². The molecule has 0 bridgehead atoms. The molecule has 3 aliphatic rings. The number of carbonyl (C=O) groups is 3. The van der Waals surface area contributed by atoms with Gasteiger partial charge in [-0.2, -0.15) is 0 Å². The molecule has 4 atom stereocenters. The summed E-state index contributed by atoms with van der Waals surface area (Å²) in [4.78, 5) is 34.3. The number of hydrogen-bond donors (Lipinski definition) is 3. The molecule has 1 aliphatic heterocycles. The summed E-state index contributed by atoms with van der Waals surface area (Å²) >= 11 is 0. The quantitative estimate of drug-likeness (QED) is 0.564. The van der Waals surface area contributed by atoms with E-state index in [1.165, 1.54) is 0 Å². The second-order valence-electron chi connectivity index (χ2n) is 5.21. The van der Waals surface area contributed by atoms with E-state index in [9.17, 15) is 14.4 Å². The number of rotatable bonds is 1. The molecule has 0 aromatic heterocycles. The zero-order chi connectivity index (χ0) is 12.2. The highest BCUT2D eigenvalue weighted by atomic mass is 16.4. The fourth-order valence-electron chi connectivity index (χ4n) is 3.65. The standard InChI is InChI=1S/C11H14N2O4/c14-8(15)6-3-4-11(7-2-1-5(6)7)9(16)12-10(17)13-11/h5-7H,1-4H2,(H,14,15)(H2,12,13,16,17). The number of carboxylic acids is 1. The van der Waals surface area contributed by atoms with Gasteiger partial charge in [0, 0.05) is 0 Å². The van der Waals surface area contributed by atoms with Crippen LogP contribution < -0.4 is 10.6 Å². The van der Waals surface area contributed by atoms with E-state index in [2.05, 4.69) is 10.6 Å². The van der Waals surface area contributed by atoms with Crippen LogP contribution in [-0.4, -0.2) is 28.6 Å². The Labute approximate surface area is 97.7 Å². The molecule has 0 radical (unpaired) electrons. The van der Waals surface area contributed by atoms with Gasteiger partial charge < -0.3 is 10.4 Å². The van der Waals surface area contributed by atoms with Crippen molar-refractivity contribution in [2.75, 3.05) is 0 Å². The molecule has 1 heterocycles. The Hall–Kier alpha value is -1.59. The summed E-state index contributed by atoms with van der Waals surface area (Å²) in [6, 6.07) is -0.450. The number of aliphatic carboxylic acids is 1. The fourth-order valence-corrected chi connectivity index (χ4v) is 3.65. The molecule has 3 rings (SSSR count). The summed E-state index contributed by atoms with van der Waals surface area (Å²) in [6.07, 6.45) is 2.56. The van der Waals surface area contributed by atoms with Gasteiger partial charge in [0.2, 0.25) is 0 Å². The van der Waals surface area contributed by atoms with Gasteiger partial charge in [0.1, 0.15) is 5.54 Å². The molecular weight excluding hydrogens is 224 g/mol. The first-order chi connectivity index (χ1) is 8.04. The molecule has 6 heteroatoms. The first kappa shape index (κ1) is 10.6. The molecule has 0 aromatic rings. The zero-order valence-electron chi connectivity index (χ0n) is 9.23. The number of imide groups is 1. The van der Waals surface area contributed by atoms with Crippen LogP contribution in [0.25, 0.3) is 0 Å². The second kappa shape index (κ2) is 3.21. The lowest BCUT2D eigenvalue weighted by Gasteiger charge is -2.52. The lowest BCUT2D eigenvalue weighted by atomic mass is 9.53. The molecule has 3 N–H and O–H groups in total. The molecule has 3 amide bonds. The Morgan fingerprint density at radius 3 is 2.53 bits per heavy atom. The molecule has 1 spiro atoms. The number of carboxylic acid groups (broad SMARTS) is 1. The molecule has 6 nitrogen and oxygen atoms in total. The van der Waals surface area contributed by atoms with E-state index < -0.39 is 17.5 Å². The topological polar surface area (TPSA) is 95.5 Å². The van der Waals surface area contributed by atoms with Gasteiger partial charge in [-0.15, -0.1) is 0 Å². The van der Waals surface area contributed by atoms with Crippen molar-refractivity contribution >= 4 is 17.9 Å². The summed E-state index contributed by atoms with van der Waals surface area (Å²) in [5.41, 5.74) is -0.827. The van der Waals surface area contributed by atoms with E-state index in [0.29, 0.717) is 12.8 Å². The largest absolute Gasteiger partial charge is 0.481 e. The number of urea groups is 1. The van der Waals surface area contributed by atoms with Crippen molar-refractivity contribution < 1.29 is 19.5 Å². The van der Waals surface area contributed by atoms with E-state index in [1.807, 2.05) is 0 Å². The monoisotopic (exact) mass is 238 g/mol. The maximum Gasteiger partial charge on any atom is 0.322 e. The molecule has 4 unspecified atom stereocenters. The first-order valence-corrected chi connectivity index (χ1v) is 5.91. The van der Waals surface area contributed by atoms with Crippen molar-refractivity contribution in [2.24, 2.45) is 17.8 Å². The van der Waals surface area contributed by atoms with Gasteiger partial charge in [0.25, 0.3) is 5.91 Å². The van der Waals surface area contributed by atoms with Gasteiger partial charge in [0.15, 0.2) is 0 Å². The van der Waals surface area contributed by atoms with Crippen LogP contribution in [0.5, 0.6) is 0 Å². The maximum atomic E-state index is 11.9.